The van der Waals surface area contributed by atoms with E-state index >= 15 is 0 Å². The third kappa shape index (κ3) is 2.39. The van der Waals surface area contributed by atoms with Gasteiger partial charge in [0.2, 0.25) is 0 Å². The number of benzene rings is 1. The highest BCUT2D eigenvalue weighted by molar-refractivity contribution is 7.20. The van der Waals surface area contributed by atoms with Crippen molar-refractivity contribution in [1.82, 2.24) is 9.97 Å². The van der Waals surface area contributed by atoms with Crippen LogP contribution in [0.4, 0.5) is 15.9 Å². The van der Waals surface area contributed by atoms with E-state index in [0.29, 0.717) is 27.4 Å². The van der Waals surface area contributed by atoms with Gasteiger partial charge in [-0.2, -0.15) is 0 Å². The highest BCUT2D eigenvalue weighted by Crippen LogP contribution is 2.35. The monoisotopic (exact) mass is 317 g/mol. The average Bonchev–Trinajstić information content (AvgIpc) is 2.78. The molecule has 112 valence electrons. The number of fused-ring (bicyclic) bond motifs is 1. The number of carbonyl (C=O) groups is 1. The summed E-state index contributed by atoms with van der Waals surface area (Å²) in [5.74, 6) is -0.508. The maximum atomic E-state index is 13.8. The number of carboxylic acids is 1. The summed E-state index contributed by atoms with van der Waals surface area (Å²) in [5.41, 5.74) is 0.857. The Morgan fingerprint density at radius 2 is 2.00 bits per heavy atom. The molecule has 3 rings (SSSR count). The van der Waals surface area contributed by atoms with E-state index in [9.17, 15) is 14.3 Å². The first kappa shape index (κ1) is 14.4. The third-order valence-electron chi connectivity index (χ3n) is 3.22. The van der Waals surface area contributed by atoms with E-state index in [1.54, 1.807) is 32.0 Å². The number of aryl methyl sites for hydroxylation is 2. The summed E-state index contributed by atoms with van der Waals surface area (Å²) in [6.45, 7) is 3.41. The van der Waals surface area contributed by atoms with Crippen LogP contribution < -0.4 is 5.32 Å². The van der Waals surface area contributed by atoms with Crippen molar-refractivity contribution < 1.29 is 14.3 Å². The van der Waals surface area contributed by atoms with Gasteiger partial charge in [0.05, 0.1) is 11.1 Å². The molecule has 5 nitrogen and oxygen atoms in total. The topological polar surface area (TPSA) is 75.1 Å². The molecule has 2 N–H and O–H groups in total. The summed E-state index contributed by atoms with van der Waals surface area (Å²) in [5, 5.41) is 12.8. The zero-order valence-corrected chi connectivity index (χ0v) is 12.7. The maximum Gasteiger partial charge on any atom is 0.346 e. The lowest BCUT2D eigenvalue weighted by molar-refractivity contribution is 0.0701. The lowest BCUT2D eigenvalue weighted by atomic mass is 10.2. The van der Waals surface area contributed by atoms with Crippen LogP contribution in [0.25, 0.3) is 10.2 Å². The molecule has 2 aromatic heterocycles. The zero-order valence-electron chi connectivity index (χ0n) is 11.8. The van der Waals surface area contributed by atoms with E-state index in [1.807, 2.05) is 0 Å². The van der Waals surface area contributed by atoms with E-state index in [4.69, 9.17) is 0 Å². The molecule has 22 heavy (non-hydrogen) atoms. The summed E-state index contributed by atoms with van der Waals surface area (Å²) in [4.78, 5) is 20.6. The molecule has 0 aliphatic rings. The van der Waals surface area contributed by atoms with Gasteiger partial charge in [-0.15, -0.1) is 11.3 Å². The van der Waals surface area contributed by atoms with Crippen LogP contribution in [0, 0.1) is 19.7 Å². The Morgan fingerprint density at radius 3 is 2.68 bits per heavy atom. The number of nitrogens with one attached hydrogen (secondary N) is 1. The Bertz CT molecular complexity index is 892. The number of thiophene rings is 1. The van der Waals surface area contributed by atoms with Crippen LogP contribution in [0.5, 0.6) is 0 Å². The Hall–Kier alpha value is -2.54. The minimum atomic E-state index is -1.00. The van der Waals surface area contributed by atoms with Crippen LogP contribution in [0.3, 0.4) is 0 Å². The lowest BCUT2D eigenvalue weighted by Gasteiger charge is -2.09. The minimum absolute atomic E-state index is 0.214. The van der Waals surface area contributed by atoms with Gasteiger partial charge in [-0.1, -0.05) is 12.1 Å². The Kier molecular flexibility index (Phi) is 3.50. The predicted octanol–water partition coefficient (Wildman–Crippen LogP) is 3.89. The van der Waals surface area contributed by atoms with E-state index in [0.717, 1.165) is 11.3 Å². The molecule has 7 heteroatoms. The molecule has 1 aromatic carbocycles. The van der Waals surface area contributed by atoms with Crippen molar-refractivity contribution in [2.75, 3.05) is 5.32 Å². The number of aromatic nitrogens is 2. The van der Waals surface area contributed by atoms with Crippen LogP contribution in [0.1, 0.15) is 21.1 Å². The van der Waals surface area contributed by atoms with Crippen LogP contribution >= 0.6 is 11.3 Å². The second-order valence-corrected chi connectivity index (χ2v) is 5.76. The SMILES string of the molecule is Cc1nc(Nc2ccccc2F)c2c(C)c(C(=O)O)sc2n1. The number of halogens is 1. The lowest BCUT2D eigenvalue weighted by Crippen LogP contribution is -2.00. The first-order valence-electron chi connectivity index (χ1n) is 6.50. The summed E-state index contributed by atoms with van der Waals surface area (Å²) < 4.78 is 13.8. The molecule has 0 unspecified atom stereocenters. The fraction of sp³-hybridized carbons (Fsp3) is 0.133. The Labute approximate surface area is 129 Å². The summed E-state index contributed by atoms with van der Waals surface area (Å²) in [6.07, 6.45) is 0. The molecule has 0 bridgehead atoms. The molecule has 0 spiro atoms. The van der Waals surface area contributed by atoms with Gasteiger partial charge in [-0.25, -0.2) is 19.2 Å². The predicted molar refractivity (Wildman–Crippen MR) is 83.5 cm³/mol. The van der Waals surface area contributed by atoms with Crippen molar-refractivity contribution in [3.05, 3.63) is 46.3 Å². The van der Waals surface area contributed by atoms with Crippen molar-refractivity contribution in [3.8, 4) is 0 Å². The minimum Gasteiger partial charge on any atom is -0.477 e. The number of para-hydroxylation sites is 1. The number of hydrogen-bond acceptors (Lipinski definition) is 5. The molecular formula is C15H12FN3O2S. The standard InChI is InChI=1S/C15H12FN3O2S/c1-7-11-13(19-10-6-4-3-5-9(10)16)17-8(2)18-14(11)22-12(7)15(20)21/h3-6H,1-2H3,(H,20,21)(H,17,18,19). The molecule has 0 amide bonds. The third-order valence-corrected chi connectivity index (χ3v) is 4.40. The van der Waals surface area contributed by atoms with E-state index in [2.05, 4.69) is 15.3 Å². The highest BCUT2D eigenvalue weighted by Gasteiger charge is 2.19. The molecule has 0 radical (unpaired) electrons. The van der Waals surface area contributed by atoms with Gasteiger partial charge in [0.15, 0.2) is 0 Å². The van der Waals surface area contributed by atoms with Crippen molar-refractivity contribution in [3.63, 3.8) is 0 Å². The van der Waals surface area contributed by atoms with Gasteiger partial charge >= 0.3 is 5.97 Å². The van der Waals surface area contributed by atoms with Crippen LogP contribution in [0.15, 0.2) is 24.3 Å². The molecule has 0 saturated heterocycles. The molecule has 0 fully saturated rings. The Morgan fingerprint density at radius 1 is 1.27 bits per heavy atom. The fourth-order valence-electron chi connectivity index (χ4n) is 2.23. The second kappa shape index (κ2) is 5.34. The molecule has 0 aliphatic heterocycles. The first-order valence-corrected chi connectivity index (χ1v) is 7.31. The summed E-state index contributed by atoms with van der Waals surface area (Å²) >= 11 is 1.09. The normalized spacial score (nSPS) is 10.9. The van der Waals surface area contributed by atoms with Gasteiger partial charge < -0.3 is 10.4 Å². The molecule has 0 aliphatic carbocycles. The smallest absolute Gasteiger partial charge is 0.346 e. The molecule has 2 heterocycles. The fourth-order valence-corrected chi connectivity index (χ4v) is 3.30. The number of rotatable bonds is 3. The van der Waals surface area contributed by atoms with E-state index < -0.39 is 11.8 Å². The van der Waals surface area contributed by atoms with Gasteiger partial charge in [0, 0.05) is 0 Å². The quantitative estimate of drug-likeness (QED) is 0.766. The number of anilines is 2. The van der Waals surface area contributed by atoms with Crippen molar-refractivity contribution in [2.24, 2.45) is 0 Å². The second-order valence-electron chi connectivity index (χ2n) is 4.77. The molecule has 0 saturated carbocycles. The Balaban J connectivity index is 2.20. The molecule has 3 aromatic rings. The highest BCUT2D eigenvalue weighted by atomic mass is 32.1. The van der Waals surface area contributed by atoms with Crippen molar-refractivity contribution in [1.29, 1.82) is 0 Å². The average molecular weight is 317 g/mol. The first-order chi connectivity index (χ1) is 10.5. The number of carboxylic acid groups (broad SMARTS) is 1. The van der Waals surface area contributed by atoms with Crippen molar-refractivity contribution in [2.45, 2.75) is 13.8 Å². The zero-order chi connectivity index (χ0) is 15.9. The molecular weight excluding hydrogens is 305 g/mol. The van der Waals surface area contributed by atoms with Crippen LogP contribution in [-0.4, -0.2) is 21.0 Å². The van der Waals surface area contributed by atoms with Gasteiger partial charge in [0.1, 0.15) is 27.2 Å². The summed E-state index contributed by atoms with van der Waals surface area (Å²) in [7, 11) is 0. The van der Waals surface area contributed by atoms with Crippen molar-refractivity contribution >= 4 is 39.0 Å². The van der Waals surface area contributed by atoms with E-state index in [1.165, 1.54) is 6.07 Å². The largest absolute Gasteiger partial charge is 0.477 e. The maximum absolute atomic E-state index is 13.8. The number of nitrogens with zero attached hydrogens (tertiary/aromatic N) is 2. The molecule has 0 atom stereocenters. The summed E-state index contributed by atoms with van der Waals surface area (Å²) in [6, 6.07) is 6.24. The van der Waals surface area contributed by atoms with Gasteiger partial charge in [-0.3, -0.25) is 0 Å². The van der Waals surface area contributed by atoms with Crippen LogP contribution in [0.2, 0.25) is 0 Å². The van der Waals surface area contributed by atoms with Crippen LogP contribution in [-0.2, 0) is 0 Å². The number of hydrogen-bond donors (Lipinski definition) is 2. The van der Waals surface area contributed by atoms with Gasteiger partial charge in [-0.05, 0) is 31.5 Å². The van der Waals surface area contributed by atoms with Gasteiger partial charge in [0.25, 0.3) is 0 Å². The van der Waals surface area contributed by atoms with E-state index in [-0.39, 0.29) is 10.6 Å². The number of aromatic carboxylic acids is 1.